The van der Waals surface area contributed by atoms with Crippen molar-refractivity contribution in [2.75, 3.05) is 0 Å². The summed E-state index contributed by atoms with van der Waals surface area (Å²) < 4.78 is 0. The number of hydrogen-bond acceptors (Lipinski definition) is 0. The Balaban J connectivity index is 2.19. The van der Waals surface area contributed by atoms with Gasteiger partial charge in [0.05, 0.1) is 0 Å². The molecule has 0 radical (unpaired) electrons. The fourth-order valence-corrected chi connectivity index (χ4v) is 2.99. The zero-order valence-corrected chi connectivity index (χ0v) is 13.5. The first-order valence-electron chi connectivity index (χ1n) is 7.92. The molecule has 0 unspecified atom stereocenters. The van der Waals surface area contributed by atoms with Gasteiger partial charge in [-0.1, -0.05) is 80.6 Å². The lowest BCUT2D eigenvalue weighted by Gasteiger charge is -2.16. The van der Waals surface area contributed by atoms with Crippen LogP contribution in [-0.2, 0) is 0 Å². The summed E-state index contributed by atoms with van der Waals surface area (Å²) in [6, 6.07) is 26.2. The predicted molar refractivity (Wildman–Crippen MR) is 96.1 cm³/mol. The molecule has 0 atom stereocenters. The van der Waals surface area contributed by atoms with Gasteiger partial charge in [-0.15, -0.1) is 0 Å². The minimum atomic E-state index is 0.515. The first kappa shape index (κ1) is 14.6. The molecule has 0 amide bonds. The van der Waals surface area contributed by atoms with Gasteiger partial charge >= 0.3 is 0 Å². The molecule has 0 aromatic heterocycles. The van der Waals surface area contributed by atoms with Crippen LogP contribution in [-0.4, -0.2) is 0 Å². The maximum Gasteiger partial charge on any atom is -0.0143 e. The van der Waals surface area contributed by atoms with Crippen LogP contribution in [0.2, 0.25) is 0 Å². The summed E-state index contributed by atoms with van der Waals surface area (Å²) in [4.78, 5) is 0. The van der Waals surface area contributed by atoms with Crippen molar-refractivity contribution in [2.24, 2.45) is 0 Å². The fraction of sp³-hybridized carbons (Fsp3) is 0.182. The number of aryl methyl sites for hydroxylation is 1. The summed E-state index contributed by atoms with van der Waals surface area (Å²) in [6.07, 6.45) is 0. The average molecular weight is 286 g/mol. The molecule has 0 bridgehead atoms. The van der Waals surface area contributed by atoms with E-state index in [1.807, 2.05) is 0 Å². The molecular formula is C22H22. The first-order chi connectivity index (χ1) is 10.7. The Bertz CT molecular complexity index is 767. The molecule has 22 heavy (non-hydrogen) atoms. The van der Waals surface area contributed by atoms with Gasteiger partial charge in [-0.05, 0) is 52.3 Å². The number of hydrogen-bond donors (Lipinski definition) is 0. The standard InChI is InChI=1S/C22H22/c1-16(2)20-14-13-19(21-12-8-7-9-17(21)3)15-22(20)18-10-5-4-6-11-18/h4-16H,1-3H3. The van der Waals surface area contributed by atoms with Crippen molar-refractivity contribution in [3.8, 4) is 22.3 Å². The number of benzene rings is 3. The van der Waals surface area contributed by atoms with Gasteiger partial charge in [-0.25, -0.2) is 0 Å². The summed E-state index contributed by atoms with van der Waals surface area (Å²) in [5, 5.41) is 0. The highest BCUT2D eigenvalue weighted by Gasteiger charge is 2.11. The quantitative estimate of drug-likeness (QED) is 0.519. The van der Waals surface area contributed by atoms with Crippen LogP contribution in [0, 0.1) is 6.92 Å². The highest BCUT2D eigenvalue weighted by atomic mass is 14.2. The molecule has 3 aromatic rings. The Hall–Kier alpha value is -2.34. The monoisotopic (exact) mass is 286 g/mol. The molecule has 110 valence electrons. The fourth-order valence-electron chi connectivity index (χ4n) is 2.99. The van der Waals surface area contributed by atoms with E-state index >= 15 is 0 Å². The largest absolute Gasteiger partial charge is 0.0622 e. The van der Waals surface area contributed by atoms with Crippen molar-refractivity contribution in [2.45, 2.75) is 26.7 Å². The third kappa shape index (κ3) is 2.82. The number of rotatable bonds is 3. The summed E-state index contributed by atoms with van der Waals surface area (Å²) in [5.74, 6) is 0.515. The normalized spacial score (nSPS) is 10.9. The van der Waals surface area contributed by atoms with Gasteiger partial charge in [0, 0.05) is 0 Å². The molecule has 0 heteroatoms. The molecule has 0 saturated carbocycles. The van der Waals surface area contributed by atoms with Gasteiger partial charge in [0.1, 0.15) is 0 Å². The van der Waals surface area contributed by atoms with Crippen molar-refractivity contribution in [3.05, 3.63) is 83.9 Å². The van der Waals surface area contributed by atoms with E-state index in [1.54, 1.807) is 0 Å². The van der Waals surface area contributed by atoms with Crippen molar-refractivity contribution in [1.82, 2.24) is 0 Å². The Morgan fingerprint density at radius 3 is 2.00 bits per heavy atom. The highest BCUT2D eigenvalue weighted by Crippen LogP contribution is 2.34. The second kappa shape index (κ2) is 6.19. The van der Waals surface area contributed by atoms with E-state index in [1.165, 1.54) is 33.4 Å². The Labute approximate surface area is 133 Å². The maximum atomic E-state index is 2.34. The summed E-state index contributed by atoms with van der Waals surface area (Å²) in [7, 11) is 0. The Kier molecular flexibility index (Phi) is 4.11. The summed E-state index contributed by atoms with van der Waals surface area (Å²) in [5.41, 5.74) is 7.97. The van der Waals surface area contributed by atoms with Crippen molar-refractivity contribution in [3.63, 3.8) is 0 Å². The molecular weight excluding hydrogens is 264 g/mol. The van der Waals surface area contributed by atoms with Crippen LogP contribution in [0.25, 0.3) is 22.3 Å². The molecule has 0 saturated heterocycles. The molecule has 0 aliphatic rings. The molecule has 0 aliphatic carbocycles. The van der Waals surface area contributed by atoms with Crippen LogP contribution in [0.5, 0.6) is 0 Å². The molecule has 3 rings (SSSR count). The zero-order valence-electron chi connectivity index (χ0n) is 13.5. The van der Waals surface area contributed by atoms with Crippen LogP contribution in [0.15, 0.2) is 72.8 Å². The van der Waals surface area contributed by atoms with E-state index in [0.29, 0.717) is 5.92 Å². The van der Waals surface area contributed by atoms with Crippen molar-refractivity contribution >= 4 is 0 Å². The minimum absolute atomic E-state index is 0.515. The van der Waals surface area contributed by atoms with E-state index in [2.05, 4.69) is 93.6 Å². The maximum absolute atomic E-state index is 2.34. The third-order valence-corrected chi connectivity index (χ3v) is 4.22. The van der Waals surface area contributed by atoms with Gasteiger partial charge in [-0.3, -0.25) is 0 Å². The lowest BCUT2D eigenvalue weighted by atomic mass is 9.89. The molecule has 0 N–H and O–H groups in total. The summed E-state index contributed by atoms with van der Waals surface area (Å²) >= 11 is 0. The Morgan fingerprint density at radius 1 is 0.636 bits per heavy atom. The van der Waals surface area contributed by atoms with E-state index in [-0.39, 0.29) is 0 Å². The summed E-state index contributed by atoms with van der Waals surface area (Å²) in [6.45, 7) is 6.69. The smallest absolute Gasteiger partial charge is 0.0143 e. The first-order valence-corrected chi connectivity index (χ1v) is 7.92. The van der Waals surface area contributed by atoms with Crippen LogP contribution in [0.1, 0.15) is 30.9 Å². The zero-order chi connectivity index (χ0) is 15.5. The molecule has 0 heterocycles. The van der Waals surface area contributed by atoms with Crippen molar-refractivity contribution in [1.29, 1.82) is 0 Å². The molecule has 0 aliphatic heterocycles. The van der Waals surface area contributed by atoms with Crippen LogP contribution in [0.3, 0.4) is 0 Å². The Morgan fingerprint density at radius 2 is 1.32 bits per heavy atom. The minimum Gasteiger partial charge on any atom is -0.0622 e. The molecule has 0 nitrogen and oxygen atoms in total. The van der Waals surface area contributed by atoms with E-state index in [9.17, 15) is 0 Å². The predicted octanol–water partition coefficient (Wildman–Crippen LogP) is 6.45. The molecule has 0 fully saturated rings. The second-order valence-electron chi connectivity index (χ2n) is 6.14. The van der Waals surface area contributed by atoms with Gasteiger partial charge in [-0.2, -0.15) is 0 Å². The van der Waals surface area contributed by atoms with Crippen LogP contribution >= 0.6 is 0 Å². The van der Waals surface area contributed by atoms with E-state index in [0.717, 1.165) is 0 Å². The van der Waals surface area contributed by atoms with Gasteiger partial charge in [0.25, 0.3) is 0 Å². The highest BCUT2D eigenvalue weighted by molar-refractivity contribution is 5.77. The third-order valence-electron chi connectivity index (χ3n) is 4.22. The van der Waals surface area contributed by atoms with Gasteiger partial charge in [0.2, 0.25) is 0 Å². The second-order valence-corrected chi connectivity index (χ2v) is 6.14. The van der Waals surface area contributed by atoms with Crippen LogP contribution < -0.4 is 0 Å². The average Bonchev–Trinajstić information content (AvgIpc) is 2.55. The lowest BCUT2D eigenvalue weighted by Crippen LogP contribution is -1.94. The molecule has 0 spiro atoms. The van der Waals surface area contributed by atoms with E-state index in [4.69, 9.17) is 0 Å². The molecule has 3 aromatic carbocycles. The SMILES string of the molecule is Cc1ccccc1-c1ccc(C(C)C)c(-c2ccccc2)c1. The van der Waals surface area contributed by atoms with Gasteiger partial charge in [0.15, 0.2) is 0 Å². The lowest BCUT2D eigenvalue weighted by molar-refractivity contribution is 0.869. The van der Waals surface area contributed by atoms with E-state index < -0.39 is 0 Å². The van der Waals surface area contributed by atoms with Crippen molar-refractivity contribution < 1.29 is 0 Å². The van der Waals surface area contributed by atoms with Gasteiger partial charge < -0.3 is 0 Å². The topological polar surface area (TPSA) is 0 Å². The van der Waals surface area contributed by atoms with Crippen LogP contribution in [0.4, 0.5) is 0 Å².